The van der Waals surface area contributed by atoms with Crippen molar-refractivity contribution >= 4 is 27.2 Å². The molecule has 5 heteroatoms. The molecule has 1 saturated heterocycles. The molecule has 0 aliphatic carbocycles. The fourth-order valence-corrected chi connectivity index (χ4v) is 2.51. The number of rotatable bonds is 1. The molecule has 0 unspecified atom stereocenters. The molecule has 3 nitrogen and oxygen atoms in total. The molecule has 0 bridgehead atoms. The number of fused-ring (bicyclic) bond motifs is 1. The largest absolute Gasteiger partial charge is 1.00 e. The molecule has 0 atom stereocenters. The van der Waals surface area contributed by atoms with Crippen LogP contribution in [0.2, 0.25) is 0 Å². The molecule has 1 aliphatic rings. The Bertz CT molecular complexity index is 468. The van der Waals surface area contributed by atoms with Gasteiger partial charge in [0.1, 0.15) is 0 Å². The molecular formula is C11H11LiN2OS. The molecular weight excluding hydrogens is 215 g/mol. The summed E-state index contributed by atoms with van der Waals surface area (Å²) in [6.07, 6.45) is 0. The molecule has 2 heterocycles. The van der Waals surface area contributed by atoms with E-state index in [0.29, 0.717) is 0 Å². The van der Waals surface area contributed by atoms with Crippen molar-refractivity contribution in [3.8, 4) is 0 Å². The maximum atomic E-state index is 5.35. The van der Waals surface area contributed by atoms with Crippen LogP contribution in [0.3, 0.4) is 0 Å². The van der Waals surface area contributed by atoms with Crippen LogP contribution in [-0.2, 0) is 4.74 Å². The van der Waals surface area contributed by atoms with Gasteiger partial charge in [0.2, 0.25) is 0 Å². The van der Waals surface area contributed by atoms with Crippen molar-refractivity contribution in [3.05, 3.63) is 23.7 Å². The summed E-state index contributed by atoms with van der Waals surface area (Å²) in [6.45, 7) is 3.53. The molecule has 2 aromatic rings. The zero-order chi connectivity index (χ0) is 10.1. The van der Waals surface area contributed by atoms with Gasteiger partial charge in [-0.05, 0) is 11.2 Å². The van der Waals surface area contributed by atoms with Crippen LogP contribution in [0.25, 0.3) is 10.2 Å². The second-order valence-corrected chi connectivity index (χ2v) is 4.35. The number of aromatic nitrogens is 1. The normalized spacial score (nSPS) is 16.1. The van der Waals surface area contributed by atoms with Crippen LogP contribution in [-0.4, -0.2) is 31.3 Å². The van der Waals surface area contributed by atoms with Gasteiger partial charge < -0.3 is 14.6 Å². The second kappa shape index (κ2) is 5.20. The molecule has 0 saturated carbocycles. The van der Waals surface area contributed by atoms with Crippen LogP contribution in [0.4, 0.5) is 5.69 Å². The summed E-state index contributed by atoms with van der Waals surface area (Å²) in [6, 6.07) is 6.30. The first-order chi connectivity index (χ1) is 7.45. The number of thiazole rings is 1. The number of morpholine rings is 1. The third-order valence-corrected chi connectivity index (χ3v) is 3.37. The van der Waals surface area contributed by atoms with Gasteiger partial charge in [-0.3, -0.25) is 11.3 Å². The van der Waals surface area contributed by atoms with E-state index in [1.165, 1.54) is 10.4 Å². The molecule has 3 rings (SSSR count). The number of benzene rings is 1. The van der Waals surface area contributed by atoms with Gasteiger partial charge in [-0.15, -0.1) is 6.07 Å². The van der Waals surface area contributed by atoms with Gasteiger partial charge in [0.25, 0.3) is 0 Å². The van der Waals surface area contributed by atoms with Gasteiger partial charge in [-0.2, -0.15) is 0 Å². The Morgan fingerprint density at radius 1 is 1.31 bits per heavy atom. The van der Waals surface area contributed by atoms with Crippen molar-refractivity contribution in [2.45, 2.75) is 0 Å². The average molecular weight is 226 g/mol. The van der Waals surface area contributed by atoms with E-state index in [4.69, 9.17) is 4.74 Å². The topological polar surface area (TPSA) is 25.4 Å². The van der Waals surface area contributed by atoms with Crippen molar-refractivity contribution in [2.75, 3.05) is 31.2 Å². The number of hydrogen-bond acceptors (Lipinski definition) is 4. The molecule has 1 aromatic heterocycles. The Morgan fingerprint density at radius 2 is 2.12 bits per heavy atom. The predicted octanol–water partition coefficient (Wildman–Crippen LogP) is -1.06. The number of anilines is 1. The van der Waals surface area contributed by atoms with Crippen molar-refractivity contribution in [1.29, 1.82) is 0 Å². The average Bonchev–Trinajstić information content (AvgIpc) is 2.78. The van der Waals surface area contributed by atoms with E-state index in [1.54, 1.807) is 11.3 Å². The predicted molar refractivity (Wildman–Crippen MR) is 61.5 cm³/mol. The van der Waals surface area contributed by atoms with E-state index in [1.807, 2.05) is 0 Å². The zero-order valence-electron chi connectivity index (χ0n) is 9.27. The Hall–Kier alpha value is -0.533. The van der Waals surface area contributed by atoms with Crippen LogP contribution >= 0.6 is 11.3 Å². The van der Waals surface area contributed by atoms with Gasteiger partial charge in [0.15, 0.2) is 0 Å². The maximum Gasteiger partial charge on any atom is 1.00 e. The number of para-hydroxylation sites is 1. The Kier molecular flexibility index (Phi) is 3.88. The first kappa shape index (κ1) is 11.9. The van der Waals surface area contributed by atoms with Crippen LogP contribution in [0.5, 0.6) is 0 Å². The van der Waals surface area contributed by atoms with E-state index in [-0.39, 0.29) is 18.9 Å². The fourth-order valence-electron chi connectivity index (χ4n) is 1.88. The first-order valence-corrected chi connectivity index (χ1v) is 5.85. The Morgan fingerprint density at radius 3 is 2.94 bits per heavy atom. The number of ether oxygens (including phenoxy) is 1. The van der Waals surface area contributed by atoms with Crippen LogP contribution in [0, 0.1) is 5.51 Å². The molecule has 0 amide bonds. The van der Waals surface area contributed by atoms with Crippen molar-refractivity contribution in [3.63, 3.8) is 0 Å². The van der Waals surface area contributed by atoms with Crippen LogP contribution in [0.1, 0.15) is 0 Å². The zero-order valence-corrected chi connectivity index (χ0v) is 10.1. The number of hydrogen-bond donors (Lipinski definition) is 0. The Balaban J connectivity index is 0.000000963. The fraction of sp³-hybridized carbons (Fsp3) is 0.364. The van der Waals surface area contributed by atoms with Gasteiger partial charge in [-0.25, -0.2) is 0 Å². The minimum atomic E-state index is 0. The molecule has 0 N–H and O–H groups in total. The summed E-state index contributed by atoms with van der Waals surface area (Å²) >= 11 is 1.57. The molecule has 1 aromatic carbocycles. The monoisotopic (exact) mass is 226 g/mol. The third-order valence-electron chi connectivity index (χ3n) is 2.64. The molecule has 0 radical (unpaired) electrons. The molecule has 1 aliphatic heterocycles. The summed E-state index contributed by atoms with van der Waals surface area (Å²) in [5, 5.41) is 0. The van der Waals surface area contributed by atoms with Crippen molar-refractivity contribution in [2.24, 2.45) is 0 Å². The summed E-state index contributed by atoms with van der Waals surface area (Å²) in [5.74, 6) is 0. The van der Waals surface area contributed by atoms with Crippen molar-refractivity contribution < 1.29 is 23.6 Å². The first-order valence-electron chi connectivity index (χ1n) is 5.03. The van der Waals surface area contributed by atoms with E-state index in [9.17, 15) is 0 Å². The smallest absolute Gasteiger partial charge is 0.384 e. The van der Waals surface area contributed by atoms with E-state index < -0.39 is 0 Å². The van der Waals surface area contributed by atoms with Gasteiger partial charge in [0.05, 0.1) is 13.2 Å². The minimum Gasteiger partial charge on any atom is -0.384 e. The van der Waals surface area contributed by atoms with Gasteiger partial charge >= 0.3 is 18.9 Å². The molecule has 1 fully saturated rings. The Labute approximate surface area is 111 Å². The summed E-state index contributed by atoms with van der Waals surface area (Å²) in [7, 11) is 0. The van der Waals surface area contributed by atoms with Gasteiger partial charge in [0, 0.05) is 13.1 Å². The van der Waals surface area contributed by atoms with Crippen molar-refractivity contribution in [1.82, 2.24) is 4.98 Å². The maximum absolute atomic E-state index is 5.35. The second-order valence-electron chi connectivity index (χ2n) is 3.53. The van der Waals surface area contributed by atoms with Crippen LogP contribution in [0.15, 0.2) is 18.2 Å². The van der Waals surface area contributed by atoms with Gasteiger partial charge in [-0.1, -0.05) is 22.3 Å². The molecule has 0 spiro atoms. The van der Waals surface area contributed by atoms with E-state index >= 15 is 0 Å². The van der Waals surface area contributed by atoms with E-state index in [2.05, 4.69) is 33.6 Å². The third kappa shape index (κ3) is 2.11. The quantitative estimate of drug-likeness (QED) is 0.458. The molecule has 78 valence electrons. The van der Waals surface area contributed by atoms with E-state index in [0.717, 1.165) is 31.8 Å². The summed E-state index contributed by atoms with van der Waals surface area (Å²) < 4.78 is 6.55. The molecule has 16 heavy (non-hydrogen) atoms. The summed E-state index contributed by atoms with van der Waals surface area (Å²) in [5.41, 5.74) is 5.24. The standard InChI is InChI=1S/C11H11N2OS.Li/c1-2-9(13-4-6-14-7-5-13)11-10(3-1)15-8-12-11;/h1-3H,4-7H2;/q-1;+1. The minimum absolute atomic E-state index is 0. The SMILES string of the molecule is [Li+].[c-]1nc2c(N3CCOCC3)cccc2s1. The number of nitrogens with zero attached hydrogens (tertiary/aromatic N) is 2. The summed E-state index contributed by atoms with van der Waals surface area (Å²) in [4.78, 5) is 6.64. The van der Waals surface area contributed by atoms with Crippen LogP contribution < -0.4 is 23.8 Å².